The van der Waals surface area contributed by atoms with Crippen molar-refractivity contribution in [3.63, 3.8) is 0 Å². The van der Waals surface area contributed by atoms with Crippen molar-refractivity contribution >= 4 is 23.0 Å². The molecule has 2 aromatic carbocycles. The van der Waals surface area contributed by atoms with Crippen LogP contribution in [0.15, 0.2) is 48.8 Å². The molecule has 0 saturated carbocycles. The standard InChI is InChI=1S/C29H29N9O2/c1-16(2)15-40-27(39)25-35-24(36-37-25)20-8-6-17(12-30)10-21(20)26-34-22-11-18(19-13-32-28(31)33-14-19)7-9-23(22)38(26)29(3,4)5/h6-11,13-14,16H,15H2,1-5H3,(H2,31,32,33)(H,35,36,37). The van der Waals surface area contributed by atoms with E-state index in [0.717, 1.165) is 22.2 Å². The lowest BCUT2D eigenvalue weighted by Crippen LogP contribution is -2.22. The largest absolute Gasteiger partial charge is 0.460 e. The Labute approximate surface area is 231 Å². The molecule has 3 aromatic heterocycles. The number of H-pyrrole nitrogens is 1. The summed E-state index contributed by atoms with van der Waals surface area (Å²) in [6.07, 6.45) is 3.35. The van der Waals surface area contributed by atoms with Crippen LogP contribution in [0.3, 0.4) is 0 Å². The van der Waals surface area contributed by atoms with E-state index >= 15 is 0 Å². The summed E-state index contributed by atoms with van der Waals surface area (Å²) in [5, 5.41) is 16.7. The molecule has 0 aliphatic carbocycles. The van der Waals surface area contributed by atoms with Crippen LogP contribution in [0.25, 0.3) is 44.9 Å². The molecular formula is C29H29N9O2. The van der Waals surface area contributed by atoms with Gasteiger partial charge in [0.1, 0.15) is 5.82 Å². The lowest BCUT2D eigenvalue weighted by Gasteiger charge is -2.25. The minimum Gasteiger partial charge on any atom is -0.460 e. The van der Waals surface area contributed by atoms with Crippen molar-refractivity contribution in [1.29, 1.82) is 5.26 Å². The SMILES string of the molecule is CC(C)COC(=O)c1nc(-c2ccc(C#N)cc2-c2nc3cc(-c4cnc(N)nc4)ccc3n2C(C)(C)C)n[nH]1. The van der Waals surface area contributed by atoms with Gasteiger partial charge in [-0.2, -0.15) is 10.4 Å². The van der Waals surface area contributed by atoms with E-state index in [1.54, 1.807) is 30.6 Å². The Morgan fingerprint density at radius 3 is 2.50 bits per heavy atom. The fraction of sp³-hybridized carbons (Fsp3) is 0.276. The third kappa shape index (κ3) is 5.11. The molecule has 0 fully saturated rings. The number of benzene rings is 2. The first-order valence-corrected chi connectivity index (χ1v) is 12.8. The average molecular weight is 536 g/mol. The zero-order valence-electron chi connectivity index (χ0n) is 22.9. The summed E-state index contributed by atoms with van der Waals surface area (Å²) in [6, 6.07) is 13.4. The predicted molar refractivity (Wildman–Crippen MR) is 151 cm³/mol. The zero-order chi connectivity index (χ0) is 28.6. The van der Waals surface area contributed by atoms with Gasteiger partial charge in [0.15, 0.2) is 5.82 Å². The number of ether oxygens (including phenoxy) is 1. The molecule has 0 spiro atoms. The number of esters is 1. The summed E-state index contributed by atoms with van der Waals surface area (Å²) >= 11 is 0. The van der Waals surface area contributed by atoms with Crippen molar-refractivity contribution in [2.45, 2.75) is 40.2 Å². The Hall–Kier alpha value is -5.11. The number of carbonyl (C=O) groups is 1. The molecule has 5 aromatic rings. The molecule has 0 aliphatic rings. The normalized spacial score (nSPS) is 11.6. The first-order chi connectivity index (χ1) is 19.0. The summed E-state index contributed by atoms with van der Waals surface area (Å²) in [7, 11) is 0. The van der Waals surface area contributed by atoms with Crippen LogP contribution in [0.5, 0.6) is 0 Å². The molecule has 0 radical (unpaired) electrons. The number of anilines is 1. The molecule has 0 atom stereocenters. The quantitative estimate of drug-likeness (QED) is 0.286. The number of nitrogens with one attached hydrogen (secondary N) is 1. The van der Waals surface area contributed by atoms with Crippen molar-refractivity contribution in [2.75, 3.05) is 12.3 Å². The number of imidazole rings is 1. The van der Waals surface area contributed by atoms with E-state index in [-0.39, 0.29) is 29.8 Å². The van der Waals surface area contributed by atoms with Gasteiger partial charge in [0.25, 0.3) is 0 Å². The first kappa shape index (κ1) is 26.5. The van der Waals surface area contributed by atoms with Crippen LogP contribution in [-0.2, 0) is 10.3 Å². The average Bonchev–Trinajstić information content (AvgIpc) is 3.57. The van der Waals surface area contributed by atoms with Gasteiger partial charge in [-0.25, -0.2) is 24.7 Å². The van der Waals surface area contributed by atoms with Crippen LogP contribution >= 0.6 is 0 Å². The zero-order valence-corrected chi connectivity index (χ0v) is 22.9. The smallest absolute Gasteiger partial charge is 0.375 e. The summed E-state index contributed by atoms with van der Waals surface area (Å²) in [5.74, 6) is 0.749. The van der Waals surface area contributed by atoms with Crippen LogP contribution in [0.1, 0.15) is 50.8 Å². The highest BCUT2D eigenvalue weighted by atomic mass is 16.5. The predicted octanol–water partition coefficient (Wildman–Crippen LogP) is 4.97. The van der Waals surface area contributed by atoms with Gasteiger partial charge in [-0.05, 0) is 62.6 Å². The molecule has 11 nitrogen and oxygen atoms in total. The second-order valence-electron chi connectivity index (χ2n) is 10.8. The Morgan fingerprint density at radius 1 is 1.07 bits per heavy atom. The van der Waals surface area contributed by atoms with Crippen LogP contribution in [0.2, 0.25) is 0 Å². The van der Waals surface area contributed by atoms with Crippen LogP contribution < -0.4 is 5.73 Å². The lowest BCUT2D eigenvalue weighted by molar-refractivity contribution is 0.0445. The van der Waals surface area contributed by atoms with E-state index in [1.807, 2.05) is 32.0 Å². The number of nitrogens with zero attached hydrogens (tertiary/aromatic N) is 7. The molecule has 11 heteroatoms. The topological polar surface area (TPSA) is 161 Å². The minimum absolute atomic E-state index is 0.00522. The molecule has 0 aliphatic heterocycles. The molecule has 3 N–H and O–H groups in total. The van der Waals surface area contributed by atoms with E-state index in [2.05, 4.69) is 56.6 Å². The molecule has 40 heavy (non-hydrogen) atoms. The summed E-state index contributed by atoms with van der Waals surface area (Å²) in [4.78, 5) is 30.2. The highest BCUT2D eigenvalue weighted by Crippen LogP contribution is 2.37. The van der Waals surface area contributed by atoms with Crippen molar-refractivity contribution in [1.82, 2.24) is 34.7 Å². The molecule has 0 saturated heterocycles. The van der Waals surface area contributed by atoms with Crippen molar-refractivity contribution < 1.29 is 9.53 Å². The van der Waals surface area contributed by atoms with Gasteiger partial charge < -0.3 is 15.0 Å². The maximum Gasteiger partial charge on any atom is 0.375 e. The van der Waals surface area contributed by atoms with Gasteiger partial charge in [0.05, 0.1) is 29.3 Å². The molecule has 0 bridgehead atoms. The molecule has 202 valence electrons. The number of aromatic nitrogens is 7. The van der Waals surface area contributed by atoms with Gasteiger partial charge in [0, 0.05) is 34.6 Å². The number of rotatable bonds is 6. The summed E-state index contributed by atoms with van der Waals surface area (Å²) in [6.45, 7) is 10.4. The maximum absolute atomic E-state index is 12.5. The van der Waals surface area contributed by atoms with E-state index in [4.69, 9.17) is 15.5 Å². The Morgan fingerprint density at radius 2 is 1.82 bits per heavy atom. The van der Waals surface area contributed by atoms with Crippen molar-refractivity contribution in [3.8, 4) is 40.0 Å². The first-order valence-electron chi connectivity index (χ1n) is 12.8. The number of carbonyl (C=O) groups excluding carboxylic acids is 1. The number of nitrogens with two attached hydrogens (primary N) is 1. The van der Waals surface area contributed by atoms with Gasteiger partial charge in [-0.3, -0.25) is 5.10 Å². The van der Waals surface area contributed by atoms with Crippen molar-refractivity contribution in [3.05, 3.63) is 60.2 Å². The van der Waals surface area contributed by atoms with E-state index in [9.17, 15) is 10.1 Å². The fourth-order valence-corrected chi connectivity index (χ4v) is 4.38. The Balaban J connectivity index is 1.67. The lowest BCUT2D eigenvalue weighted by atomic mass is 10.0. The van der Waals surface area contributed by atoms with Gasteiger partial charge in [-0.15, -0.1) is 0 Å². The van der Waals surface area contributed by atoms with Gasteiger partial charge >= 0.3 is 5.97 Å². The van der Waals surface area contributed by atoms with E-state index in [0.29, 0.717) is 28.3 Å². The van der Waals surface area contributed by atoms with E-state index < -0.39 is 5.97 Å². The highest BCUT2D eigenvalue weighted by Gasteiger charge is 2.26. The number of fused-ring (bicyclic) bond motifs is 1. The third-order valence-electron chi connectivity index (χ3n) is 6.19. The van der Waals surface area contributed by atoms with E-state index in [1.165, 1.54) is 0 Å². The molecule has 0 unspecified atom stereocenters. The molecular weight excluding hydrogens is 506 g/mol. The van der Waals surface area contributed by atoms with Crippen molar-refractivity contribution in [2.24, 2.45) is 5.92 Å². The fourth-order valence-electron chi connectivity index (χ4n) is 4.38. The second kappa shape index (κ2) is 10.2. The minimum atomic E-state index is -0.580. The van der Waals surface area contributed by atoms with Gasteiger partial charge in [0.2, 0.25) is 11.8 Å². The Bertz CT molecular complexity index is 1750. The number of hydrogen-bond donors (Lipinski definition) is 2. The number of hydrogen-bond acceptors (Lipinski definition) is 9. The molecule has 5 rings (SSSR count). The summed E-state index contributed by atoms with van der Waals surface area (Å²) < 4.78 is 7.42. The van der Waals surface area contributed by atoms with Crippen LogP contribution in [-0.4, -0.2) is 47.3 Å². The second-order valence-corrected chi connectivity index (χ2v) is 10.8. The maximum atomic E-state index is 12.5. The summed E-state index contributed by atoms with van der Waals surface area (Å²) in [5.41, 5.74) is 10.4. The molecule has 3 heterocycles. The third-order valence-corrected chi connectivity index (χ3v) is 6.19. The number of nitriles is 1. The highest BCUT2D eigenvalue weighted by molar-refractivity contribution is 5.90. The van der Waals surface area contributed by atoms with Gasteiger partial charge in [-0.1, -0.05) is 19.9 Å². The van der Waals surface area contributed by atoms with Crippen LogP contribution in [0, 0.1) is 17.2 Å². The Kier molecular flexibility index (Phi) is 6.77. The monoisotopic (exact) mass is 535 g/mol. The number of nitrogen functional groups attached to an aromatic ring is 1. The van der Waals surface area contributed by atoms with Crippen LogP contribution in [0.4, 0.5) is 5.95 Å². The molecule has 0 amide bonds. The number of aromatic amines is 1.